The lowest BCUT2D eigenvalue weighted by Gasteiger charge is -2.18. The van der Waals surface area contributed by atoms with E-state index in [2.05, 4.69) is 93.7 Å². The quantitative estimate of drug-likeness (QED) is 0.0199. The lowest BCUT2D eigenvalue weighted by atomic mass is 10.0. The van der Waals surface area contributed by atoms with E-state index in [1.807, 2.05) is 0 Å². The Morgan fingerprint density at radius 2 is 0.677 bits per heavy atom. The zero-order valence-electron chi connectivity index (χ0n) is 40.6. The Kier molecular flexibility index (Phi) is 47.9. The van der Waals surface area contributed by atoms with Crippen LogP contribution in [0.25, 0.3) is 0 Å². The Labute approximate surface area is 382 Å². The van der Waals surface area contributed by atoms with Crippen molar-refractivity contribution in [3.05, 3.63) is 72.9 Å². The first-order chi connectivity index (χ1) is 30.5. The maximum absolute atomic E-state index is 12.8. The van der Waals surface area contributed by atoms with E-state index in [0.717, 1.165) is 103 Å². The van der Waals surface area contributed by atoms with Gasteiger partial charge in [-0.3, -0.25) is 14.4 Å². The van der Waals surface area contributed by atoms with E-state index in [9.17, 15) is 14.4 Å². The molecule has 0 spiro atoms. The van der Waals surface area contributed by atoms with Gasteiger partial charge >= 0.3 is 17.9 Å². The molecule has 356 valence electrons. The topological polar surface area (TPSA) is 78.9 Å². The highest BCUT2D eigenvalue weighted by Gasteiger charge is 2.19. The monoisotopic (exact) mass is 865 g/mol. The summed E-state index contributed by atoms with van der Waals surface area (Å²) in [7, 11) is 0. The molecule has 0 aromatic heterocycles. The summed E-state index contributed by atoms with van der Waals surface area (Å²) in [6.45, 7) is 6.46. The van der Waals surface area contributed by atoms with E-state index >= 15 is 0 Å². The maximum Gasteiger partial charge on any atom is 0.306 e. The molecule has 0 aliphatic rings. The highest BCUT2D eigenvalue weighted by Crippen LogP contribution is 2.15. The first-order valence-corrected chi connectivity index (χ1v) is 26.0. The van der Waals surface area contributed by atoms with Crippen LogP contribution in [0.2, 0.25) is 0 Å². The molecule has 0 fully saturated rings. The molecule has 0 saturated carbocycles. The van der Waals surface area contributed by atoms with Crippen LogP contribution >= 0.6 is 0 Å². The van der Waals surface area contributed by atoms with Gasteiger partial charge in [-0.15, -0.1) is 0 Å². The average molecular weight is 865 g/mol. The number of hydrogen-bond acceptors (Lipinski definition) is 6. The lowest BCUT2D eigenvalue weighted by molar-refractivity contribution is -0.167. The summed E-state index contributed by atoms with van der Waals surface area (Å²) in [5, 5.41) is 0. The number of carbonyl (C=O) groups is 3. The van der Waals surface area contributed by atoms with Gasteiger partial charge in [-0.05, 0) is 83.5 Å². The van der Waals surface area contributed by atoms with Gasteiger partial charge in [-0.2, -0.15) is 0 Å². The largest absolute Gasteiger partial charge is 0.462 e. The van der Waals surface area contributed by atoms with Crippen LogP contribution in [0.3, 0.4) is 0 Å². The van der Waals surface area contributed by atoms with Gasteiger partial charge in [-0.1, -0.05) is 216 Å². The zero-order valence-corrected chi connectivity index (χ0v) is 40.6. The van der Waals surface area contributed by atoms with Gasteiger partial charge in [0.1, 0.15) is 13.2 Å². The number of ether oxygens (including phenoxy) is 3. The van der Waals surface area contributed by atoms with E-state index in [1.165, 1.54) is 103 Å². The molecule has 0 aromatic carbocycles. The van der Waals surface area contributed by atoms with E-state index in [-0.39, 0.29) is 31.1 Å². The Balaban J connectivity index is 4.45. The fourth-order valence-electron chi connectivity index (χ4n) is 7.07. The van der Waals surface area contributed by atoms with Gasteiger partial charge in [0, 0.05) is 19.3 Å². The van der Waals surface area contributed by atoms with Gasteiger partial charge in [0.15, 0.2) is 6.10 Å². The number of carbonyl (C=O) groups excluding carboxylic acids is 3. The zero-order chi connectivity index (χ0) is 45.1. The minimum absolute atomic E-state index is 0.0890. The van der Waals surface area contributed by atoms with E-state index in [1.54, 1.807) is 0 Å². The van der Waals surface area contributed by atoms with Crippen molar-refractivity contribution >= 4 is 17.9 Å². The van der Waals surface area contributed by atoms with Crippen LogP contribution in [0.4, 0.5) is 0 Å². The molecular weight excluding hydrogens is 769 g/mol. The lowest BCUT2D eigenvalue weighted by Crippen LogP contribution is -2.30. The molecule has 0 saturated heterocycles. The van der Waals surface area contributed by atoms with E-state index in [0.29, 0.717) is 19.3 Å². The van der Waals surface area contributed by atoms with Crippen molar-refractivity contribution in [1.29, 1.82) is 0 Å². The molecule has 62 heavy (non-hydrogen) atoms. The molecule has 0 radical (unpaired) electrons. The van der Waals surface area contributed by atoms with Crippen molar-refractivity contribution in [3.63, 3.8) is 0 Å². The normalized spacial score (nSPS) is 12.6. The SMILES string of the molecule is CC/C=C\C/C=C\C/C=C\C/C=C\CCCCCC(=O)OCC(COC(=O)CCCCCCCCCCCCCCC)OC(=O)CCCCCCCC/C=C\C=C/CCCCC. The van der Waals surface area contributed by atoms with Gasteiger partial charge in [-0.25, -0.2) is 0 Å². The summed E-state index contributed by atoms with van der Waals surface area (Å²) in [6, 6.07) is 0. The third-order valence-electron chi connectivity index (χ3n) is 11.0. The Bertz CT molecular complexity index is 1180. The Morgan fingerprint density at radius 1 is 0.355 bits per heavy atom. The van der Waals surface area contributed by atoms with Crippen molar-refractivity contribution in [1.82, 2.24) is 0 Å². The maximum atomic E-state index is 12.8. The van der Waals surface area contributed by atoms with Crippen molar-refractivity contribution in [2.45, 2.75) is 252 Å². The summed E-state index contributed by atoms with van der Waals surface area (Å²) < 4.78 is 16.8. The molecular formula is C56H96O6. The van der Waals surface area contributed by atoms with Crippen LogP contribution in [0.15, 0.2) is 72.9 Å². The molecule has 0 amide bonds. The van der Waals surface area contributed by atoms with Crippen molar-refractivity contribution in [3.8, 4) is 0 Å². The predicted molar refractivity (Wildman–Crippen MR) is 265 cm³/mol. The number of allylic oxidation sites excluding steroid dienone is 12. The number of unbranched alkanes of at least 4 members (excludes halogenated alkanes) is 24. The van der Waals surface area contributed by atoms with Gasteiger partial charge in [0.05, 0.1) is 0 Å². The molecule has 0 aliphatic carbocycles. The first kappa shape index (κ1) is 58.9. The van der Waals surface area contributed by atoms with Crippen LogP contribution in [0.1, 0.15) is 245 Å². The number of hydrogen-bond donors (Lipinski definition) is 0. The Hall–Kier alpha value is -3.15. The van der Waals surface area contributed by atoms with Crippen LogP contribution < -0.4 is 0 Å². The third kappa shape index (κ3) is 47.9. The van der Waals surface area contributed by atoms with Crippen LogP contribution in [-0.4, -0.2) is 37.2 Å². The second-order valence-electron chi connectivity index (χ2n) is 17.1. The average Bonchev–Trinajstić information content (AvgIpc) is 3.27. The van der Waals surface area contributed by atoms with E-state index in [4.69, 9.17) is 14.2 Å². The number of esters is 3. The van der Waals surface area contributed by atoms with Gasteiger partial charge < -0.3 is 14.2 Å². The first-order valence-electron chi connectivity index (χ1n) is 26.0. The van der Waals surface area contributed by atoms with E-state index < -0.39 is 6.10 Å². The van der Waals surface area contributed by atoms with Crippen molar-refractivity contribution in [2.24, 2.45) is 0 Å². The highest BCUT2D eigenvalue weighted by atomic mass is 16.6. The molecule has 0 aromatic rings. The summed E-state index contributed by atoms with van der Waals surface area (Å²) in [5.74, 6) is -0.930. The second-order valence-corrected chi connectivity index (χ2v) is 17.1. The Morgan fingerprint density at radius 3 is 1.13 bits per heavy atom. The molecule has 0 rings (SSSR count). The number of rotatable bonds is 46. The van der Waals surface area contributed by atoms with Crippen molar-refractivity contribution < 1.29 is 28.6 Å². The van der Waals surface area contributed by atoms with Crippen LogP contribution in [-0.2, 0) is 28.6 Å². The summed E-state index contributed by atoms with van der Waals surface area (Å²) in [5.41, 5.74) is 0. The second kappa shape index (κ2) is 50.5. The highest BCUT2D eigenvalue weighted by molar-refractivity contribution is 5.71. The third-order valence-corrected chi connectivity index (χ3v) is 11.0. The molecule has 0 heterocycles. The smallest absolute Gasteiger partial charge is 0.306 e. The molecule has 6 nitrogen and oxygen atoms in total. The van der Waals surface area contributed by atoms with Crippen molar-refractivity contribution in [2.75, 3.05) is 13.2 Å². The summed E-state index contributed by atoms with van der Waals surface area (Å²) in [6.07, 6.45) is 63.1. The molecule has 1 unspecified atom stereocenters. The molecule has 6 heteroatoms. The van der Waals surface area contributed by atoms with Gasteiger partial charge in [0.25, 0.3) is 0 Å². The summed E-state index contributed by atoms with van der Waals surface area (Å²) >= 11 is 0. The molecule has 1 atom stereocenters. The molecule has 0 bridgehead atoms. The summed E-state index contributed by atoms with van der Waals surface area (Å²) in [4.78, 5) is 38.0. The predicted octanol–water partition coefficient (Wildman–Crippen LogP) is 17.0. The standard InChI is InChI=1S/C56H96O6/c1-4-7-10-13-16-19-22-25-27-29-31-34-37-40-43-46-49-55(58)61-52-53(51-60-54(57)48-45-42-39-36-33-30-24-21-18-15-12-9-6-3)62-56(59)50-47-44-41-38-35-32-28-26-23-20-17-14-11-8-5-2/h7,10,16-17,19-20,23,25-27,31,34,53H,4-6,8-9,11-15,18,21-22,24,28-30,32-33,35-52H2,1-3H3/b10-7-,19-16-,20-17-,26-23-,27-25-,34-31-. The molecule has 0 N–H and O–H groups in total. The fourth-order valence-corrected chi connectivity index (χ4v) is 7.07. The minimum Gasteiger partial charge on any atom is -0.462 e. The fraction of sp³-hybridized carbons (Fsp3) is 0.732. The van der Waals surface area contributed by atoms with Crippen LogP contribution in [0, 0.1) is 0 Å². The van der Waals surface area contributed by atoms with Crippen LogP contribution in [0.5, 0.6) is 0 Å². The minimum atomic E-state index is -0.792. The molecule has 0 aliphatic heterocycles. The van der Waals surface area contributed by atoms with Gasteiger partial charge in [0.2, 0.25) is 0 Å².